The SMILES string of the molecule is CCC1CCCCC1(CC)CC. The number of hydrogen-bond acceptors (Lipinski definition) is 0. The van der Waals surface area contributed by atoms with Crippen LogP contribution in [0.15, 0.2) is 0 Å². The lowest BCUT2D eigenvalue weighted by molar-refractivity contribution is 0.0797. The van der Waals surface area contributed by atoms with Gasteiger partial charge in [0.15, 0.2) is 0 Å². The van der Waals surface area contributed by atoms with Gasteiger partial charge in [0, 0.05) is 0 Å². The molecular weight excluding hydrogens is 144 g/mol. The summed E-state index contributed by atoms with van der Waals surface area (Å²) in [5.74, 6) is 1.03. The summed E-state index contributed by atoms with van der Waals surface area (Å²) >= 11 is 0. The van der Waals surface area contributed by atoms with E-state index in [1.807, 2.05) is 0 Å². The topological polar surface area (TPSA) is 0 Å². The Kier molecular flexibility index (Phi) is 3.61. The van der Waals surface area contributed by atoms with Crippen LogP contribution in [0.1, 0.15) is 65.7 Å². The van der Waals surface area contributed by atoms with Gasteiger partial charge in [0.05, 0.1) is 0 Å². The third-order valence-corrected chi connectivity index (χ3v) is 4.24. The molecule has 0 aliphatic heterocycles. The maximum atomic E-state index is 2.39. The monoisotopic (exact) mass is 168 g/mol. The van der Waals surface area contributed by atoms with Crippen LogP contribution in [0.3, 0.4) is 0 Å². The molecule has 0 nitrogen and oxygen atoms in total. The van der Waals surface area contributed by atoms with Crippen molar-refractivity contribution in [1.29, 1.82) is 0 Å². The molecule has 72 valence electrons. The Morgan fingerprint density at radius 3 is 2.17 bits per heavy atom. The Morgan fingerprint density at radius 2 is 1.75 bits per heavy atom. The van der Waals surface area contributed by atoms with Crippen molar-refractivity contribution in [2.45, 2.75) is 65.7 Å². The first-order valence-electron chi connectivity index (χ1n) is 5.79. The van der Waals surface area contributed by atoms with Crippen LogP contribution in [0, 0.1) is 11.3 Å². The second-order valence-electron chi connectivity index (χ2n) is 4.42. The molecule has 0 heteroatoms. The molecule has 0 aromatic rings. The molecule has 0 heterocycles. The third-order valence-electron chi connectivity index (χ3n) is 4.24. The molecule has 1 aliphatic carbocycles. The average Bonchev–Trinajstić information content (AvgIpc) is 2.17. The second kappa shape index (κ2) is 4.30. The molecule has 1 saturated carbocycles. The first-order valence-corrected chi connectivity index (χ1v) is 5.79. The highest BCUT2D eigenvalue weighted by atomic mass is 14.4. The molecule has 0 radical (unpaired) electrons. The Bertz CT molecular complexity index is 122. The highest BCUT2D eigenvalue weighted by Gasteiger charge is 2.35. The van der Waals surface area contributed by atoms with Gasteiger partial charge in [-0.05, 0) is 24.2 Å². The molecule has 1 rings (SSSR count). The standard InChI is InChI=1S/C12H24/c1-4-11-9-7-8-10-12(11,5-2)6-3/h11H,4-10H2,1-3H3. The highest BCUT2D eigenvalue weighted by molar-refractivity contribution is 4.87. The largest absolute Gasteiger partial charge is 0.0651 e. The van der Waals surface area contributed by atoms with Crippen molar-refractivity contribution in [3.05, 3.63) is 0 Å². The van der Waals surface area contributed by atoms with Crippen molar-refractivity contribution in [3.63, 3.8) is 0 Å². The normalized spacial score (nSPS) is 28.8. The molecule has 1 atom stereocenters. The maximum absolute atomic E-state index is 2.39. The maximum Gasteiger partial charge on any atom is -0.0274 e. The third kappa shape index (κ3) is 1.67. The molecule has 0 spiro atoms. The summed E-state index contributed by atoms with van der Waals surface area (Å²) in [6.07, 6.45) is 10.2. The summed E-state index contributed by atoms with van der Waals surface area (Å²) in [6, 6.07) is 0. The van der Waals surface area contributed by atoms with Crippen molar-refractivity contribution >= 4 is 0 Å². The van der Waals surface area contributed by atoms with E-state index < -0.39 is 0 Å². The molecule has 0 bridgehead atoms. The van der Waals surface area contributed by atoms with Gasteiger partial charge in [-0.2, -0.15) is 0 Å². The van der Waals surface area contributed by atoms with Crippen molar-refractivity contribution in [3.8, 4) is 0 Å². The lowest BCUT2D eigenvalue weighted by atomic mass is 9.62. The van der Waals surface area contributed by atoms with Gasteiger partial charge in [0.1, 0.15) is 0 Å². The predicted octanol–water partition coefficient (Wildman–Crippen LogP) is 4.39. The van der Waals surface area contributed by atoms with Crippen molar-refractivity contribution in [2.75, 3.05) is 0 Å². The lowest BCUT2D eigenvalue weighted by Crippen LogP contribution is -2.32. The van der Waals surface area contributed by atoms with Gasteiger partial charge >= 0.3 is 0 Å². The first-order chi connectivity index (χ1) is 5.79. The second-order valence-corrected chi connectivity index (χ2v) is 4.42. The van der Waals surface area contributed by atoms with Gasteiger partial charge in [-0.15, -0.1) is 0 Å². The van der Waals surface area contributed by atoms with Gasteiger partial charge in [0.25, 0.3) is 0 Å². The molecule has 0 N–H and O–H groups in total. The quantitative estimate of drug-likeness (QED) is 0.586. The molecule has 1 fully saturated rings. The number of rotatable bonds is 3. The first kappa shape index (κ1) is 10.1. The zero-order valence-electron chi connectivity index (χ0n) is 9.03. The van der Waals surface area contributed by atoms with E-state index in [0.717, 1.165) is 11.3 Å². The van der Waals surface area contributed by atoms with E-state index in [0.29, 0.717) is 0 Å². The summed E-state index contributed by atoms with van der Waals surface area (Å²) in [6.45, 7) is 7.14. The van der Waals surface area contributed by atoms with E-state index >= 15 is 0 Å². The zero-order chi connectivity index (χ0) is 9.03. The molecule has 0 aromatic heterocycles. The van der Waals surface area contributed by atoms with Gasteiger partial charge in [-0.3, -0.25) is 0 Å². The fourth-order valence-electron chi connectivity index (χ4n) is 3.20. The van der Waals surface area contributed by atoms with Gasteiger partial charge in [0.2, 0.25) is 0 Å². The van der Waals surface area contributed by atoms with Gasteiger partial charge < -0.3 is 0 Å². The predicted molar refractivity (Wildman–Crippen MR) is 55.3 cm³/mol. The van der Waals surface area contributed by atoms with E-state index in [9.17, 15) is 0 Å². The Labute approximate surface area is 77.7 Å². The van der Waals surface area contributed by atoms with Crippen LogP contribution in [-0.2, 0) is 0 Å². The summed E-state index contributed by atoms with van der Waals surface area (Å²) in [5.41, 5.74) is 0.729. The zero-order valence-corrected chi connectivity index (χ0v) is 9.03. The molecular formula is C12H24. The molecule has 0 saturated heterocycles. The van der Waals surface area contributed by atoms with Crippen molar-refractivity contribution in [1.82, 2.24) is 0 Å². The van der Waals surface area contributed by atoms with E-state index in [4.69, 9.17) is 0 Å². The fourth-order valence-corrected chi connectivity index (χ4v) is 3.20. The van der Waals surface area contributed by atoms with Crippen LogP contribution in [0.5, 0.6) is 0 Å². The van der Waals surface area contributed by atoms with E-state index in [1.54, 1.807) is 0 Å². The minimum atomic E-state index is 0.729. The fraction of sp³-hybridized carbons (Fsp3) is 1.00. The molecule has 0 amide bonds. The van der Waals surface area contributed by atoms with Crippen LogP contribution >= 0.6 is 0 Å². The van der Waals surface area contributed by atoms with Crippen LogP contribution in [0.2, 0.25) is 0 Å². The summed E-state index contributed by atoms with van der Waals surface area (Å²) in [4.78, 5) is 0. The van der Waals surface area contributed by atoms with Crippen LogP contribution < -0.4 is 0 Å². The van der Waals surface area contributed by atoms with Crippen molar-refractivity contribution in [2.24, 2.45) is 11.3 Å². The van der Waals surface area contributed by atoms with E-state index in [2.05, 4.69) is 20.8 Å². The Morgan fingerprint density at radius 1 is 1.08 bits per heavy atom. The molecule has 0 aromatic carbocycles. The molecule has 1 unspecified atom stereocenters. The van der Waals surface area contributed by atoms with Gasteiger partial charge in [-0.1, -0.05) is 52.9 Å². The van der Waals surface area contributed by atoms with Crippen LogP contribution in [-0.4, -0.2) is 0 Å². The average molecular weight is 168 g/mol. The van der Waals surface area contributed by atoms with Crippen LogP contribution in [0.4, 0.5) is 0 Å². The Balaban J connectivity index is 2.66. The van der Waals surface area contributed by atoms with E-state index in [-0.39, 0.29) is 0 Å². The van der Waals surface area contributed by atoms with Gasteiger partial charge in [-0.25, -0.2) is 0 Å². The minimum Gasteiger partial charge on any atom is -0.0651 e. The molecule has 12 heavy (non-hydrogen) atoms. The highest BCUT2D eigenvalue weighted by Crippen LogP contribution is 2.47. The number of hydrogen-bond donors (Lipinski definition) is 0. The van der Waals surface area contributed by atoms with Crippen LogP contribution in [0.25, 0.3) is 0 Å². The lowest BCUT2D eigenvalue weighted by Gasteiger charge is -2.43. The van der Waals surface area contributed by atoms with E-state index in [1.165, 1.54) is 44.9 Å². The summed E-state index contributed by atoms with van der Waals surface area (Å²) in [7, 11) is 0. The summed E-state index contributed by atoms with van der Waals surface area (Å²) in [5, 5.41) is 0. The smallest absolute Gasteiger partial charge is 0.0274 e. The minimum absolute atomic E-state index is 0.729. The molecule has 1 aliphatic rings. The summed E-state index contributed by atoms with van der Waals surface area (Å²) < 4.78 is 0. The van der Waals surface area contributed by atoms with Crippen molar-refractivity contribution < 1.29 is 0 Å². The Hall–Kier alpha value is 0.